The minimum absolute atomic E-state index is 0.132. The molecule has 0 aliphatic carbocycles. The van der Waals surface area contributed by atoms with Crippen molar-refractivity contribution < 1.29 is 13.5 Å². The van der Waals surface area contributed by atoms with Crippen molar-refractivity contribution in [1.82, 2.24) is 0 Å². The number of halogens is 2. The first-order valence-electron chi connectivity index (χ1n) is 5.79. The Morgan fingerprint density at radius 1 is 1.29 bits per heavy atom. The first kappa shape index (κ1) is 14.1. The molecule has 2 atom stereocenters. The van der Waals surface area contributed by atoms with Gasteiger partial charge in [0.05, 0.1) is 12.1 Å². The second-order valence-corrected chi connectivity index (χ2v) is 4.36. The molecule has 0 bridgehead atoms. The third kappa shape index (κ3) is 3.48. The van der Waals surface area contributed by atoms with Crippen molar-refractivity contribution in [1.29, 1.82) is 0 Å². The molecular formula is C13H19F2NO. The summed E-state index contributed by atoms with van der Waals surface area (Å²) in [6.45, 7) is 6.23. The molecule has 1 aromatic rings. The van der Waals surface area contributed by atoms with Crippen LogP contribution in [0.15, 0.2) is 18.2 Å². The lowest BCUT2D eigenvalue weighted by Gasteiger charge is -2.27. The highest BCUT2D eigenvalue weighted by molar-refractivity contribution is 5.23. The maximum Gasteiger partial charge on any atom is 0.128 e. The molecule has 0 aromatic heterocycles. The molecule has 0 saturated heterocycles. The summed E-state index contributed by atoms with van der Waals surface area (Å²) >= 11 is 0. The van der Waals surface area contributed by atoms with Gasteiger partial charge in [-0.25, -0.2) is 8.78 Å². The van der Waals surface area contributed by atoms with Crippen LogP contribution in [0.1, 0.15) is 32.4 Å². The maximum atomic E-state index is 13.6. The van der Waals surface area contributed by atoms with E-state index in [4.69, 9.17) is 10.5 Å². The van der Waals surface area contributed by atoms with Crippen LogP contribution >= 0.6 is 0 Å². The van der Waals surface area contributed by atoms with Crippen LogP contribution in [-0.2, 0) is 4.74 Å². The summed E-state index contributed by atoms with van der Waals surface area (Å²) in [4.78, 5) is 0. The van der Waals surface area contributed by atoms with Gasteiger partial charge in [0.15, 0.2) is 0 Å². The van der Waals surface area contributed by atoms with E-state index in [2.05, 4.69) is 0 Å². The average Bonchev–Trinajstić information content (AvgIpc) is 2.28. The Bertz CT molecular complexity index is 368. The zero-order valence-corrected chi connectivity index (χ0v) is 10.4. The number of rotatable bonds is 5. The highest BCUT2D eigenvalue weighted by atomic mass is 19.1. The molecule has 0 radical (unpaired) electrons. The van der Waals surface area contributed by atoms with Crippen molar-refractivity contribution in [2.45, 2.75) is 32.9 Å². The Labute approximate surface area is 101 Å². The largest absolute Gasteiger partial charge is 0.376 e. The molecule has 0 spiro atoms. The molecule has 2 N–H and O–H groups in total. The van der Waals surface area contributed by atoms with Crippen LogP contribution in [-0.4, -0.2) is 12.7 Å². The van der Waals surface area contributed by atoms with E-state index in [9.17, 15) is 8.78 Å². The van der Waals surface area contributed by atoms with Crippen molar-refractivity contribution in [3.8, 4) is 0 Å². The van der Waals surface area contributed by atoms with E-state index in [0.29, 0.717) is 6.61 Å². The van der Waals surface area contributed by atoms with E-state index in [-0.39, 0.29) is 17.6 Å². The normalized spacial score (nSPS) is 15.0. The van der Waals surface area contributed by atoms with Gasteiger partial charge in [-0.1, -0.05) is 13.8 Å². The first-order valence-corrected chi connectivity index (χ1v) is 5.79. The Kier molecular flexibility index (Phi) is 5.02. The highest BCUT2D eigenvalue weighted by Crippen LogP contribution is 2.25. The van der Waals surface area contributed by atoms with Gasteiger partial charge in [-0.15, -0.1) is 0 Å². The molecule has 2 nitrogen and oxygen atoms in total. The summed E-state index contributed by atoms with van der Waals surface area (Å²) in [5.74, 6) is -0.854. The van der Waals surface area contributed by atoms with E-state index in [1.54, 1.807) is 0 Å². The monoisotopic (exact) mass is 243 g/mol. The third-order valence-electron chi connectivity index (χ3n) is 2.69. The first-order chi connectivity index (χ1) is 7.97. The zero-order chi connectivity index (χ0) is 13.0. The molecule has 0 amide bonds. The zero-order valence-electron chi connectivity index (χ0n) is 10.4. The molecule has 1 rings (SSSR count). The fourth-order valence-corrected chi connectivity index (χ4v) is 1.85. The summed E-state index contributed by atoms with van der Waals surface area (Å²) < 4.78 is 32.2. The molecule has 0 aliphatic rings. The predicted molar refractivity (Wildman–Crippen MR) is 63.5 cm³/mol. The molecule has 96 valence electrons. The Morgan fingerprint density at radius 2 is 1.94 bits per heavy atom. The van der Waals surface area contributed by atoms with Gasteiger partial charge in [-0.3, -0.25) is 0 Å². The lowest BCUT2D eigenvalue weighted by Crippen LogP contribution is -2.34. The second kappa shape index (κ2) is 6.07. The molecule has 0 heterocycles. The van der Waals surface area contributed by atoms with Crippen LogP contribution in [0, 0.1) is 17.6 Å². The summed E-state index contributed by atoms with van der Waals surface area (Å²) in [5, 5.41) is 0. The van der Waals surface area contributed by atoms with Gasteiger partial charge in [0.2, 0.25) is 0 Å². The van der Waals surface area contributed by atoms with Crippen molar-refractivity contribution in [2.75, 3.05) is 6.61 Å². The van der Waals surface area contributed by atoms with E-state index >= 15 is 0 Å². The SMILES string of the molecule is CCOC(C(C)C)C(N)c1cc(F)ccc1F. The molecular weight excluding hydrogens is 224 g/mol. The van der Waals surface area contributed by atoms with Gasteiger partial charge >= 0.3 is 0 Å². The van der Waals surface area contributed by atoms with E-state index < -0.39 is 17.7 Å². The minimum atomic E-state index is -0.661. The number of nitrogens with two attached hydrogens (primary N) is 1. The van der Waals surface area contributed by atoms with Crippen LogP contribution in [0.25, 0.3) is 0 Å². The smallest absolute Gasteiger partial charge is 0.128 e. The van der Waals surface area contributed by atoms with Crippen LogP contribution in [0.2, 0.25) is 0 Å². The van der Waals surface area contributed by atoms with Crippen LogP contribution in [0.4, 0.5) is 8.78 Å². The van der Waals surface area contributed by atoms with Crippen molar-refractivity contribution in [2.24, 2.45) is 11.7 Å². The van der Waals surface area contributed by atoms with Crippen LogP contribution in [0.5, 0.6) is 0 Å². The van der Waals surface area contributed by atoms with Gasteiger partial charge in [-0.2, -0.15) is 0 Å². The quantitative estimate of drug-likeness (QED) is 0.862. The van der Waals surface area contributed by atoms with Gasteiger partial charge in [0.25, 0.3) is 0 Å². The third-order valence-corrected chi connectivity index (χ3v) is 2.69. The molecule has 0 aliphatic heterocycles. The van der Waals surface area contributed by atoms with E-state index in [1.807, 2.05) is 20.8 Å². The molecule has 0 fully saturated rings. The van der Waals surface area contributed by atoms with E-state index in [0.717, 1.165) is 18.2 Å². The maximum absolute atomic E-state index is 13.6. The number of hydrogen-bond acceptors (Lipinski definition) is 2. The van der Waals surface area contributed by atoms with Gasteiger partial charge in [0, 0.05) is 12.2 Å². The Morgan fingerprint density at radius 3 is 2.47 bits per heavy atom. The summed E-state index contributed by atoms with van der Waals surface area (Å²) in [6.07, 6.45) is -0.323. The molecule has 2 unspecified atom stereocenters. The van der Waals surface area contributed by atoms with Crippen molar-refractivity contribution in [3.63, 3.8) is 0 Å². The second-order valence-electron chi connectivity index (χ2n) is 4.36. The van der Waals surface area contributed by atoms with Gasteiger partial charge in [-0.05, 0) is 31.0 Å². The lowest BCUT2D eigenvalue weighted by molar-refractivity contribution is 0.0114. The molecule has 0 saturated carbocycles. The minimum Gasteiger partial charge on any atom is -0.376 e. The van der Waals surface area contributed by atoms with Crippen molar-refractivity contribution >= 4 is 0 Å². The van der Waals surface area contributed by atoms with Crippen LogP contribution < -0.4 is 5.73 Å². The molecule has 1 aromatic carbocycles. The van der Waals surface area contributed by atoms with Crippen molar-refractivity contribution in [3.05, 3.63) is 35.4 Å². The number of hydrogen-bond donors (Lipinski definition) is 1. The van der Waals surface area contributed by atoms with Gasteiger partial charge < -0.3 is 10.5 Å². The van der Waals surface area contributed by atoms with E-state index in [1.165, 1.54) is 0 Å². The Hall–Kier alpha value is -1.00. The highest BCUT2D eigenvalue weighted by Gasteiger charge is 2.25. The predicted octanol–water partition coefficient (Wildman–Crippen LogP) is 3.03. The fraction of sp³-hybridized carbons (Fsp3) is 0.538. The Balaban J connectivity index is 2.99. The fourth-order valence-electron chi connectivity index (χ4n) is 1.85. The lowest BCUT2D eigenvalue weighted by atomic mass is 9.94. The summed E-state index contributed by atoms with van der Waals surface area (Å²) in [6, 6.07) is 2.64. The average molecular weight is 243 g/mol. The molecule has 4 heteroatoms. The topological polar surface area (TPSA) is 35.2 Å². The standard InChI is InChI=1S/C13H19F2NO/c1-4-17-13(8(2)3)12(16)10-7-9(14)5-6-11(10)15/h5-8,12-13H,4,16H2,1-3H3. The number of benzene rings is 1. The van der Waals surface area contributed by atoms with Gasteiger partial charge in [0.1, 0.15) is 11.6 Å². The van der Waals surface area contributed by atoms with Crippen LogP contribution in [0.3, 0.4) is 0 Å². The number of ether oxygens (including phenoxy) is 1. The summed E-state index contributed by atoms with van der Waals surface area (Å²) in [5.41, 5.74) is 6.13. The summed E-state index contributed by atoms with van der Waals surface area (Å²) in [7, 11) is 0. The molecule has 17 heavy (non-hydrogen) atoms.